The van der Waals surface area contributed by atoms with Gasteiger partial charge >= 0.3 is 0 Å². The Morgan fingerprint density at radius 3 is 3.05 bits per heavy atom. The highest BCUT2D eigenvalue weighted by Gasteiger charge is 2.27. The molecule has 0 aromatic carbocycles. The van der Waals surface area contributed by atoms with E-state index in [2.05, 4.69) is 35.3 Å². The third-order valence-electron chi connectivity index (χ3n) is 4.18. The van der Waals surface area contributed by atoms with Crippen LogP contribution in [-0.4, -0.2) is 26.5 Å². The molecule has 5 heteroatoms. The Morgan fingerprint density at radius 1 is 1.45 bits per heavy atom. The molecule has 0 radical (unpaired) electrons. The van der Waals surface area contributed by atoms with Crippen molar-refractivity contribution < 1.29 is 0 Å². The van der Waals surface area contributed by atoms with Crippen LogP contribution in [0, 0.1) is 5.92 Å². The molecular formula is C15H21ClN4. The minimum atomic E-state index is 0.421. The number of rotatable bonds is 4. The Hall–Kier alpha value is -1.29. The number of fused-ring (bicyclic) bond motifs is 1. The van der Waals surface area contributed by atoms with Gasteiger partial charge in [0, 0.05) is 24.3 Å². The Morgan fingerprint density at radius 2 is 2.30 bits per heavy atom. The van der Waals surface area contributed by atoms with Crippen molar-refractivity contribution >= 4 is 22.9 Å². The summed E-state index contributed by atoms with van der Waals surface area (Å²) in [5.74, 6) is 2.61. The fraction of sp³-hybridized carbons (Fsp3) is 0.600. The molecule has 2 aromatic heterocycles. The van der Waals surface area contributed by atoms with Crippen molar-refractivity contribution in [2.45, 2.75) is 45.1 Å². The maximum absolute atomic E-state index is 6.05. The molecule has 0 amide bonds. The first kappa shape index (κ1) is 13.7. The molecule has 1 N–H and O–H groups in total. The van der Waals surface area contributed by atoms with Crippen LogP contribution < -0.4 is 5.32 Å². The lowest BCUT2D eigenvalue weighted by molar-refractivity contribution is 0.561. The molecule has 108 valence electrons. The quantitative estimate of drug-likeness (QED) is 0.874. The van der Waals surface area contributed by atoms with Crippen LogP contribution >= 0.6 is 11.6 Å². The fourth-order valence-corrected chi connectivity index (χ4v) is 3.29. The van der Waals surface area contributed by atoms with Gasteiger partial charge < -0.3 is 5.32 Å². The summed E-state index contributed by atoms with van der Waals surface area (Å²) in [4.78, 5) is 4.50. The van der Waals surface area contributed by atoms with Gasteiger partial charge in [-0.2, -0.15) is 5.10 Å². The molecule has 3 rings (SSSR count). The fourth-order valence-electron chi connectivity index (χ4n) is 2.92. The van der Waals surface area contributed by atoms with Crippen LogP contribution in [0.2, 0.25) is 0 Å². The molecule has 1 aliphatic carbocycles. The van der Waals surface area contributed by atoms with Gasteiger partial charge in [-0.1, -0.05) is 20.3 Å². The largest absolute Gasteiger partial charge is 0.365 e. The minimum absolute atomic E-state index is 0.421. The molecule has 0 bridgehead atoms. The van der Waals surface area contributed by atoms with Crippen LogP contribution in [0.15, 0.2) is 18.5 Å². The standard InChI is InChI=1S/C15H21ClN4/c1-10(2)13-8-14-15(17-6-7-20(14)19-13)18-12-5-3-4-11(12)9-16/h6-8,10-12H,3-5,9H2,1-2H3,(H,17,18). The zero-order valence-electron chi connectivity index (χ0n) is 12.0. The lowest BCUT2D eigenvalue weighted by atomic mass is 10.1. The van der Waals surface area contributed by atoms with Gasteiger partial charge in [0.1, 0.15) is 5.52 Å². The van der Waals surface area contributed by atoms with E-state index in [4.69, 9.17) is 11.6 Å². The molecule has 1 saturated carbocycles. The average Bonchev–Trinajstić information content (AvgIpc) is 3.04. The van der Waals surface area contributed by atoms with Crippen molar-refractivity contribution in [3.05, 3.63) is 24.2 Å². The van der Waals surface area contributed by atoms with Gasteiger partial charge in [-0.05, 0) is 30.7 Å². The summed E-state index contributed by atoms with van der Waals surface area (Å²) in [6, 6.07) is 2.56. The van der Waals surface area contributed by atoms with Crippen molar-refractivity contribution in [2.24, 2.45) is 5.92 Å². The zero-order valence-corrected chi connectivity index (χ0v) is 12.8. The summed E-state index contributed by atoms with van der Waals surface area (Å²) < 4.78 is 1.91. The predicted molar refractivity (Wildman–Crippen MR) is 82.5 cm³/mol. The van der Waals surface area contributed by atoms with Crippen LogP contribution in [0.3, 0.4) is 0 Å². The number of nitrogens with zero attached hydrogens (tertiary/aromatic N) is 3. The van der Waals surface area contributed by atoms with Crippen molar-refractivity contribution in [3.8, 4) is 0 Å². The second kappa shape index (κ2) is 5.60. The molecule has 0 spiro atoms. The van der Waals surface area contributed by atoms with Gasteiger partial charge in [0.25, 0.3) is 0 Å². The number of hydrogen-bond acceptors (Lipinski definition) is 3. The molecule has 2 aromatic rings. The highest BCUT2D eigenvalue weighted by Crippen LogP contribution is 2.30. The first-order chi connectivity index (χ1) is 9.69. The molecule has 2 heterocycles. The molecule has 2 atom stereocenters. The summed E-state index contributed by atoms with van der Waals surface area (Å²) in [6.45, 7) is 4.31. The summed E-state index contributed by atoms with van der Waals surface area (Å²) in [5.41, 5.74) is 2.15. The van der Waals surface area contributed by atoms with E-state index in [0.717, 1.165) is 22.9 Å². The van der Waals surface area contributed by atoms with E-state index in [0.29, 0.717) is 17.9 Å². The maximum atomic E-state index is 6.05. The van der Waals surface area contributed by atoms with Crippen LogP contribution in [0.4, 0.5) is 5.82 Å². The molecule has 20 heavy (non-hydrogen) atoms. The smallest absolute Gasteiger partial charge is 0.152 e. The van der Waals surface area contributed by atoms with E-state index in [1.807, 2.05) is 10.7 Å². The maximum Gasteiger partial charge on any atom is 0.152 e. The molecule has 0 saturated heterocycles. The minimum Gasteiger partial charge on any atom is -0.365 e. The summed E-state index contributed by atoms with van der Waals surface area (Å²) in [5, 5.41) is 8.18. The van der Waals surface area contributed by atoms with E-state index < -0.39 is 0 Å². The Labute approximate surface area is 124 Å². The zero-order chi connectivity index (χ0) is 14.1. The van der Waals surface area contributed by atoms with Crippen LogP contribution in [0.25, 0.3) is 5.52 Å². The van der Waals surface area contributed by atoms with Crippen LogP contribution in [0.1, 0.15) is 44.7 Å². The van der Waals surface area contributed by atoms with Crippen LogP contribution in [0.5, 0.6) is 0 Å². The third-order valence-corrected chi connectivity index (χ3v) is 4.58. The summed E-state index contributed by atoms with van der Waals surface area (Å²) >= 11 is 6.05. The first-order valence-electron chi connectivity index (χ1n) is 7.36. The Balaban J connectivity index is 1.91. The second-order valence-corrected chi connectivity index (χ2v) is 6.23. The molecule has 1 aliphatic rings. The molecule has 0 aliphatic heterocycles. The van der Waals surface area contributed by atoms with E-state index in [-0.39, 0.29) is 0 Å². The SMILES string of the molecule is CC(C)c1cc2c(NC3CCCC3CCl)nccn2n1. The van der Waals surface area contributed by atoms with E-state index in [1.165, 1.54) is 19.3 Å². The average molecular weight is 293 g/mol. The number of hydrogen-bond donors (Lipinski definition) is 1. The Kier molecular flexibility index (Phi) is 3.83. The van der Waals surface area contributed by atoms with E-state index in [1.54, 1.807) is 6.20 Å². The molecule has 2 unspecified atom stereocenters. The number of anilines is 1. The first-order valence-corrected chi connectivity index (χ1v) is 7.89. The van der Waals surface area contributed by atoms with Gasteiger partial charge in [-0.25, -0.2) is 9.50 Å². The van der Waals surface area contributed by atoms with Crippen molar-refractivity contribution in [1.29, 1.82) is 0 Å². The van der Waals surface area contributed by atoms with E-state index >= 15 is 0 Å². The Bertz CT molecular complexity index is 593. The second-order valence-electron chi connectivity index (χ2n) is 5.93. The normalized spacial score (nSPS) is 22.8. The third kappa shape index (κ3) is 2.49. The van der Waals surface area contributed by atoms with Crippen molar-refractivity contribution in [2.75, 3.05) is 11.2 Å². The van der Waals surface area contributed by atoms with Gasteiger partial charge in [0.05, 0.1) is 5.69 Å². The highest BCUT2D eigenvalue weighted by atomic mass is 35.5. The monoisotopic (exact) mass is 292 g/mol. The van der Waals surface area contributed by atoms with E-state index in [9.17, 15) is 0 Å². The van der Waals surface area contributed by atoms with Crippen molar-refractivity contribution in [3.63, 3.8) is 0 Å². The van der Waals surface area contributed by atoms with Gasteiger partial charge in [0.15, 0.2) is 5.82 Å². The number of aromatic nitrogens is 3. The van der Waals surface area contributed by atoms with Gasteiger partial charge in [-0.3, -0.25) is 0 Å². The van der Waals surface area contributed by atoms with Gasteiger partial charge in [-0.15, -0.1) is 11.6 Å². The predicted octanol–water partition coefficient (Wildman–Crippen LogP) is 3.67. The summed E-state index contributed by atoms with van der Waals surface area (Å²) in [7, 11) is 0. The highest BCUT2D eigenvalue weighted by molar-refractivity contribution is 6.18. The van der Waals surface area contributed by atoms with Crippen molar-refractivity contribution in [1.82, 2.24) is 14.6 Å². The molecular weight excluding hydrogens is 272 g/mol. The lowest BCUT2D eigenvalue weighted by Crippen LogP contribution is -2.25. The van der Waals surface area contributed by atoms with Gasteiger partial charge in [0.2, 0.25) is 0 Å². The lowest BCUT2D eigenvalue weighted by Gasteiger charge is -2.19. The number of halogens is 1. The number of nitrogens with one attached hydrogen (secondary N) is 1. The molecule has 1 fully saturated rings. The summed E-state index contributed by atoms with van der Waals surface area (Å²) in [6.07, 6.45) is 7.33. The number of alkyl halides is 1. The molecule has 4 nitrogen and oxygen atoms in total. The topological polar surface area (TPSA) is 42.2 Å². The van der Waals surface area contributed by atoms with Crippen LogP contribution in [-0.2, 0) is 0 Å².